The summed E-state index contributed by atoms with van der Waals surface area (Å²) in [5.74, 6) is -0.229. The van der Waals surface area contributed by atoms with Gasteiger partial charge in [0.05, 0.1) is 9.85 Å². The van der Waals surface area contributed by atoms with Crippen LogP contribution < -0.4 is 0 Å². The number of nitro groups is 2. The fraction of sp³-hybridized carbons (Fsp3) is 0.263. The van der Waals surface area contributed by atoms with Crippen molar-refractivity contribution in [3.8, 4) is 11.5 Å². The first kappa shape index (κ1) is 21.5. The second kappa shape index (κ2) is 8.91. The Hall–Kier alpha value is -3.82. The standard InChI is InChI=1S/C19H20N4O6/c1-19(2,11-20-9-13-7-15(22(26)27)3-5-17(13)24)12-21-10-14-8-16(23(28)29)4-6-18(14)25/h3-10,24-25H,11-12H2,1-2H3. The SMILES string of the molecule is CC(C)(CN=Cc1cc([N+](=O)[O-])ccc1O)CN=Cc1cc([N+](=O)[O-])ccc1O. The lowest BCUT2D eigenvalue weighted by molar-refractivity contribution is -0.385. The molecule has 0 aliphatic carbocycles. The number of aliphatic imine (C=N–C) groups is 2. The van der Waals surface area contributed by atoms with Crippen LogP contribution in [0.25, 0.3) is 0 Å². The predicted octanol–water partition coefficient (Wildman–Crippen LogP) is 3.48. The Morgan fingerprint density at radius 3 is 1.59 bits per heavy atom. The molecule has 0 aromatic heterocycles. The van der Waals surface area contributed by atoms with Crippen molar-refractivity contribution >= 4 is 23.8 Å². The van der Waals surface area contributed by atoms with Gasteiger partial charge in [-0.05, 0) is 12.1 Å². The van der Waals surface area contributed by atoms with Crippen molar-refractivity contribution in [1.29, 1.82) is 0 Å². The molecule has 0 aliphatic heterocycles. The van der Waals surface area contributed by atoms with E-state index in [9.17, 15) is 30.4 Å². The minimum absolute atomic E-state index is 0.115. The fourth-order valence-corrected chi connectivity index (χ4v) is 2.35. The summed E-state index contributed by atoms with van der Waals surface area (Å²) in [6.45, 7) is 4.41. The monoisotopic (exact) mass is 400 g/mol. The lowest BCUT2D eigenvalue weighted by Crippen LogP contribution is -2.19. The Labute approximate surface area is 166 Å². The van der Waals surface area contributed by atoms with Crippen molar-refractivity contribution in [2.45, 2.75) is 13.8 Å². The maximum Gasteiger partial charge on any atom is 0.270 e. The number of nitrogens with zero attached hydrogens (tertiary/aromatic N) is 4. The van der Waals surface area contributed by atoms with Crippen molar-refractivity contribution in [3.63, 3.8) is 0 Å². The van der Waals surface area contributed by atoms with E-state index in [0.29, 0.717) is 13.1 Å². The van der Waals surface area contributed by atoms with E-state index in [1.54, 1.807) is 0 Å². The van der Waals surface area contributed by atoms with Crippen LogP contribution >= 0.6 is 0 Å². The van der Waals surface area contributed by atoms with Crippen LogP contribution in [0.5, 0.6) is 11.5 Å². The summed E-state index contributed by atoms with van der Waals surface area (Å²) < 4.78 is 0. The average molecular weight is 400 g/mol. The molecule has 0 unspecified atom stereocenters. The highest BCUT2D eigenvalue weighted by atomic mass is 16.6. The van der Waals surface area contributed by atoms with Gasteiger partial charge in [-0.2, -0.15) is 0 Å². The molecule has 0 saturated carbocycles. The number of hydrogen-bond acceptors (Lipinski definition) is 8. The number of rotatable bonds is 8. The first-order valence-corrected chi connectivity index (χ1v) is 8.53. The van der Waals surface area contributed by atoms with E-state index in [0.717, 1.165) is 0 Å². The van der Waals surface area contributed by atoms with Gasteiger partial charge < -0.3 is 10.2 Å². The van der Waals surface area contributed by atoms with E-state index in [4.69, 9.17) is 0 Å². The molecule has 0 bridgehead atoms. The van der Waals surface area contributed by atoms with E-state index in [1.807, 2.05) is 13.8 Å². The fourth-order valence-electron chi connectivity index (χ4n) is 2.35. The molecule has 0 heterocycles. The van der Waals surface area contributed by atoms with Gasteiger partial charge in [-0.3, -0.25) is 30.2 Å². The molecule has 0 aliphatic rings. The quantitative estimate of drug-likeness (QED) is 0.393. The van der Waals surface area contributed by atoms with Gasteiger partial charge >= 0.3 is 0 Å². The lowest BCUT2D eigenvalue weighted by Gasteiger charge is -2.19. The number of hydrogen-bond donors (Lipinski definition) is 2. The molecule has 2 N–H and O–H groups in total. The topological polar surface area (TPSA) is 151 Å². The molecule has 10 heteroatoms. The highest BCUT2D eigenvalue weighted by molar-refractivity contribution is 5.85. The molecule has 0 amide bonds. The maximum atomic E-state index is 10.8. The number of non-ortho nitro benzene ring substituents is 2. The summed E-state index contributed by atoms with van der Waals surface area (Å²) in [7, 11) is 0. The minimum atomic E-state index is -0.557. The van der Waals surface area contributed by atoms with Crippen LogP contribution in [-0.2, 0) is 0 Å². The van der Waals surface area contributed by atoms with Gasteiger partial charge in [-0.15, -0.1) is 0 Å². The molecule has 0 atom stereocenters. The molecule has 152 valence electrons. The van der Waals surface area contributed by atoms with E-state index < -0.39 is 15.3 Å². The van der Waals surface area contributed by atoms with Crippen molar-refractivity contribution in [2.24, 2.45) is 15.4 Å². The van der Waals surface area contributed by atoms with Crippen molar-refractivity contribution < 1.29 is 20.1 Å². The van der Waals surface area contributed by atoms with E-state index in [-0.39, 0.29) is 34.0 Å². The van der Waals surface area contributed by atoms with Crippen LogP contribution in [0.1, 0.15) is 25.0 Å². The van der Waals surface area contributed by atoms with Gasteiger partial charge in [0.15, 0.2) is 0 Å². The van der Waals surface area contributed by atoms with Crippen LogP contribution in [0.3, 0.4) is 0 Å². The summed E-state index contributed by atoms with van der Waals surface area (Å²) in [4.78, 5) is 29.0. The molecule has 2 aromatic rings. The summed E-state index contributed by atoms with van der Waals surface area (Å²) in [5.41, 5.74) is -0.227. The molecule has 0 fully saturated rings. The zero-order valence-electron chi connectivity index (χ0n) is 15.8. The number of aromatic hydroxyl groups is 2. The first-order valence-electron chi connectivity index (χ1n) is 8.53. The minimum Gasteiger partial charge on any atom is -0.507 e. The average Bonchev–Trinajstić information content (AvgIpc) is 2.64. The maximum absolute atomic E-state index is 10.8. The van der Waals surface area contributed by atoms with E-state index in [2.05, 4.69) is 9.98 Å². The van der Waals surface area contributed by atoms with Crippen molar-refractivity contribution in [1.82, 2.24) is 0 Å². The Bertz CT molecular complexity index is 907. The van der Waals surface area contributed by atoms with Crippen LogP contribution in [0.15, 0.2) is 46.4 Å². The second-order valence-corrected chi connectivity index (χ2v) is 7.10. The molecule has 0 spiro atoms. The van der Waals surface area contributed by atoms with Crippen LogP contribution in [-0.4, -0.2) is 45.6 Å². The highest BCUT2D eigenvalue weighted by Crippen LogP contribution is 2.23. The normalized spacial score (nSPS) is 11.9. The Morgan fingerprint density at radius 2 is 1.24 bits per heavy atom. The molecule has 29 heavy (non-hydrogen) atoms. The lowest BCUT2D eigenvalue weighted by atomic mass is 9.94. The van der Waals surface area contributed by atoms with Gasteiger partial charge in [-0.1, -0.05) is 13.8 Å². The second-order valence-electron chi connectivity index (χ2n) is 7.10. The Kier molecular flexibility index (Phi) is 6.60. The molecule has 2 rings (SSSR count). The van der Waals surface area contributed by atoms with Crippen molar-refractivity contribution in [2.75, 3.05) is 13.1 Å². The smallest absolute Gasteiger partial charge is 0.270 e. The summed E-state index contributed by atoms with van der Waals surface area (Å²) in [6, 6.07) is 7.34. The molecule has 2 aromatic carbocycles. The summed E-state index contributed by atoms with van der Waals surface area (Å²) in [5, 5.41) is 41.2. The third-order valence-corrected chi connectivity index (χ3v) is 3.94. The predicted molar refractivity (Wildman–Crippen MR) is 108 cm³/mol. The highest BCUT2D eigenvalue weighted by Gasteiger charge is 2.17. The zero-order valence-corrected chi connectivity index (χ0v) is 15.8. The first-order chi connectivity index (χ1) is 13.6. The number of nitro benzene ring substituents is 2. The zero-order chi connectivity index (χ0) is 21.6. The van der Waals surface area contributed by atoms with Crippen LogP contribution in [0.4, 0.5) is 11.4 Å². The Balaban J connectivity index is 2.04. The van der Waals surface area contributed by atoms with Gasteiger partial charge in [0, 0.05) is 66.3 Å². The third-order valence-electron chi connectivity index (χ3n) is 3.94. The largest absolute Gasteiger partial charge is 0.507 e. The number of phenolic OH excluding ortho intramolecular Hbond substituents is 2. The molecular weight excluding hydrogens is 380 g/mol. The number of phenols is 2. The van der Waals surface area contributed by atoms with E-state index >= 15 is 0 Å². The Morgan fingerprint density at radius 1 is 0.862 bits per heavy atom. The summed E-state index contributed by atoms with van der Waals surface area (Å²) >= 11 is 0. The van der Waals surface area contributed by atoms with Gasteiger partial charge in [0.25, 0.3) is 11.4 Å². The van der Waals surface area contributed by atoms with Gasteiger partial charge in [0.1, 0.15) is 11.5 Å². The molecule has 0 saturated heterocycles. The summed E-state index contributed by atoms with van der Waals surface area (Å²) in [6.07, 6.45) is 2.72. The van der Waals surface area contributed by atoms with E-state index in [1.165, 1.54) is 48.8 Å². The van der Waals surface area contributed by atoms with Crippen molar-refractivity contribution in [3.05, 3.63) is 67.8 Å². The molecule has 0 radical (unpaired) electrons. The van der Waals surface area contributed by atoms with Gasteiger partial charge in [0.2, 0.25) is 0 Å². The van der Waals surface area contributed by atoms with Crippen LogP contribution in [0.2, 0.25) is 0 Å². The number of benzene rings is 2. The van der Waals surface area contributed by atoms with Gasteiger partial charge in [-0.25, -0.2) is 0 Å². The van der Waals surface area contributed by atoms with Crippen LogP contribution in [0, 0.1) is 25.6 Å². The molecular formula is C19H20N4O6. The molecule has 10 nitrogen and oxygen atoms in total. The third kappa shape index (κ3) is 6.09.